The number of rotatable bonds is 2. The van der Waals surface area contributed by atoms with E-state index in [1.54, 1.807) is 12.1 Å². The minimum Gasteiger partial charge on any atom is -0.452 e. The third-order valence-corrected chi connectivity index (χ3v) is 2.29. The number of hydrazone groups is 1. The van der Waals surface area contributed by atoms with Gasteiger partial charge in [-0.15, -0.1) is 11.3 Å². The molecule has 1 amide bonds. The van der Waals surface area contributed by atoms with Gasteiger partial charge in [-0.05, 0) is 12.1 Å². The van der Waals surface area contributed by atoms with Gasteiger partial charge in [0.25, 0.3) is 0 Å². The van der Waals surface area contributed by atoms with E-state index in [-0.39, 0.29) is 0 Å². The van der Waals surface area contributed by atoms with Gasteiger partial charge in [0, 0.05) is 4.88 Å². The standard InChI is InChI=1S/C7H7ClN2O2S/c1-12-7(11)10-9-4-5-2-3-6(8)13-5/h2-4H,1H3,(H,10,11)/b9-4-. The third-order valence-electron chi connectivity index (χ3n) is 1.13. The quantitative estimate of drug-likeness (QED) is 0.611. The van der Waals surface area contributed by atoms with Gasteiger partial charge in [0.2, 0.25) is 0 Å². The van der Waals surface area contributed by atoms with Crippen LogP contribution in [0.1, 0.15) is 4.88 Å². The first-order valence-corrected chi connectivity index (χ1v) is 4.54. The first kappa shape index (κ1) is 10.0. The lowest BCUT2D eigenvalue weighted by Crippen LogP contribution is -2.16. The van der Waals surface area contributed by atoms with Crippen molar-refractivity contribution in [3.05, 3.63) is 21.3 Å². The minimum absolute atomic E-state index is 0.598. The Balaban J connectivity index is 2.45. The highest BCUT2D eigenvalue weighted by molar-refractivity contribution is 7.17. The summed E-state index contributed by atoms with van der Waals surface area (Å²) in [5.74, 6) is 0. The zero-order valence-electron chi connectivity index (χ0n) is 6.78. The number of hydrogen-bond acceptors (Lipinski definition) is 4. The lowest BCUT2D eigenvalue weighted by atomic mass is 10.5. The molecule has 0 radical (unpaired) electrons. The Bertz CT molecular complexity index is 324. The Kier molecular flexibility index (Phi) is 3.72. The molecule has 0 saturated carbocycles. The number of carbonyl (C=O) groups is 1. The van der Waals surface area contributed by atoms with Crippen molar-refractivity contribution in [2.45, 2.75) is 0 Å². The van der Waals surface area contributed by atoms with E-state index in [1.807, 2.05) is 0 Å². The van der Waals surface area contributed by atoms with Crippen molar-refractivity contribution in [3.63, 3.8) is 0 Å². The molecule has 1 heterocycles. The van der Waals surface area contributed by atoms with E-state index in [4.69, 9.17) is 11.6 Å². The maximum absolute atomic E-state index is 10.5. The number of hydrogen-bond donors (Lipinski definition) is 1. The molecule has 70 valence electrons. The van der Waals surface area contributed by atoms with Gasteiger partial charge in [0.1, 0.15) is 0 Å². The van der Waals surface area contributed by atoms with Crippen LogP contribution in [0, 0.1) is 0 Å². The maximum atomic E-state index is 10.5. The molecule has 1 aromatic heterocycles. The fraction of sp³-hybridized carbons (Fsp3) is 0.143. The number of halogens is 1. The first-order chi connectivity index (χ1) is 6.22. The van der Waals surface area contributed by atoms with E-state index in [0.29, 0.717) is 4.34 Å². The van der Waals surface area contributed by atoms with E-state index in [9.17, 15) is 4.79 Å². The van der Waals surface area contributed by atoms with Crippen molar-refractivity contribution < 1.29 is 9.53 Å². The highest BCUT2D eigenvalue weighted by Crippen LogP contribution is 2.19. The van der Waals surface area contributed by atoms with Crippen LogP contribution < -0.4 is 5.43 Å². The summed E-state index contributed by atoms with van der Waals surface area (Å²) in [5, 5.41) is 3.63. The smallest absolute Gasteiger partial charge is 0.427 e. The molecular formula is C7H7ClN2O2S. The summed E-state index contributed by atoms with van der Waals surface area (Å²) in [6, 6.07) is 3.56. The van der Waals surface area contributed by atoms with Gasteiger partial charge in [-0.25, -0.2) is 10.2 Å². The molecule has 0 aliphatic heterocycles. The van der Waals surface area contributed by atoms with Gasteiger partial charge in [-0.2, -0.15) is 5.10 Å². The Labute approximate surface area is 84.2 Å². The summed E-state index contributed by atoms with van der Waals surface area (Å²) in [5.41, 5.74) is 2.16. The van der Waals surface area contributed by atoms with Crippen LogP contribution in [-0.4, -0.2) is 19.4 Å². The first-order valence-electron chi connectivity index (χ1n) is 3.34. The second kappa shape index (κ2) is 4.84. The molecular weight excluding hydrogens is 212 g/mol. The molecule has 0 spiro atoms. The molecule has 1 rings (SSSR count). The van der Waals surface area contributed by atoms with E-state index in [1.165, 1.54) is 24.7 Å². The summed E-state index contributed by atoms with van der Waals surface area (Å²) in [7, 11) is 1.27. The van der Waals surface area contributed by atoms with Gasteiger partial charge in [0.05, 0.1) is 17.7 Å². The number of ether oxygens (including phenoxy) is 1. The van der Waals surface area contributed by atoms with Crippen LogP contribution in [0.5, 0.6) is 0 Å². The average Bonchev–Trinajstić information content (AvgIpc) is 2.51. The molecule has 0 saturated heterocycles. The van der Waals surface area contributed by atoms with E-state index >= 15 is 0 Å². The number of nitrogens with zero attached hydrogens (tertiary/aromatic N) is 1. The highest BCUT2D eigenvalue weighted by Gasteiger charge is 1.95. The van der Waals surface area contributed by atoms with Crippen LogP contribution in [-0.2, 0) is 4.74 Å². The van der Waals surface area contributed by atoms with Crippen LogP contribution in [0.2, 0.25) is 4.34 Å². The van der Waals surface area contributed by atoms with Gasteiger partial charge in [0.15, 0.2) is 0 Å². The van der Waals surface area contributed by atoms with Crippen LogP contribution in [0.3, 0.4) is 0 Å². The van der Waals surface area contributed by atoms with Gasteiger partial charge in [-0.3, -0.25) is 0 Å². The second-order valence-corrected chi connectivity index (χ2v) is 3.75. The molecule has 1 aromatic rings. The number of methoxy groups -OCH3 is 1. The molecule has 0 fully saturated rings. The Hall–Kier alpha value is -1.07. The summed E-state index contributed by atoms with van der Waals surface area (Å²) in [6.45, 7) is 0. The summed E-state index contributed by atoms with van der Waals surface area (Å²) in [4.78, 5) is 11.4. The molecule has 6 heteroatoms. The topological polar surface area (TPSA) is 50.7 Å². The fourth-order valence-electron chi connectivity index (χ4n) is 0.592. The molecule has 0 atom stereocenters. The number of thiophene rings is 1. The van der Waals surface area contributed by atoms with Gasteiger partial charge >= 0.3 is 6.09 Å². The fourth-order valence-corrected chi connectivity index (χ4v) is 1.52. The van der Waals surface area contributed by atoms with Crippen LogP contribution in [0.25, 0.3) is 0 Å². The predicted octanol–water partition coefficient (Wildman–Crippen LogP) is 2.09. The third kappa shape index (κ3) is 3.43. The van der Waals surface area contributed by atoms with Crippen molar-refractivity contribution in [1.29, 1.82) is 0 Å². The van der Waals surface area contributed by atoms with Gasteiger partial charge in [-0.1, -0.05) is 11.6 Å². The Morgan fingerprint density at radius 2 is 2.54 bits per heavy atom. The number of nitrogens with one attached hydrogen (secondary N) is 1. The molecule has 4 nitrogen and oxygen atoms in total. The SMILES string of the molecule is COC(=O)N/N=C\c1ccc(Cl)s1. The number of amides is 1. The van der Waals surface area contributed by atoms with Crippen LogP contribution in [0.15, 0.2) is 17.2 Å². The summed E-state index contributed by atoms with van der Waals surface area (Å²) in [6.07, 6.45) is 0.895. The second-order valence-electron chi connectivity index (χ2n) is 2.00. The predicted molar refractivity (Wildman–Crippen MR) is 52.5 cm³/mol. The maximum Gasteiger partial charge on any atom is 0.427 e. The highest BCUT2D eigenvalue weighted by atomic mass is 35.5. The van der Waals surface area contributed by atoms with Crippen molar-refractivity contribution in [2.75, 3.05) is 7.11 Å². The van der Waals surface area contributed by atoms with Crippen molar-refractivity contribution in [1.82, 2.24) is 5.43 Å². The Morgan fingerprint density at radius 1 is 1.77 bits per heavy atom. The average molecular weight is 219 g/mol. The molecule has 0 aliphatic rings. The van der Waals surface area contributed by atoms with Gasteiger partial charge < -0.3 is 4.74 Å². The lowest BCUT2D eigenvalue weighted by Gasteiger charge is -1.93. The molecule has 13 heavy (non-hydrogen) atoms. The van der Waals surface area contributed by atoms with Crippen molar-refractivity contribution in [3.8, 4) is 0 Å². The Morgan fingerprint density at radius 3 is 3.08 bits per heavy atom. The normalized spacial score (nSPS) is 10.3. The van der Waals surface area contributed by atoms with E-state index < -0.39 is 6.09 Å². The lowest BCUT2D eigenvalue weighted by molar-refractivity contribution is 0.171. The molecule has 0 bridgehead atoms. The van der Waals surface area contributed by atoms with Crippen molar-refractivity contribution in [2.24, 2.45) is 5.10 Å². The molecule has 0 aromatic carbocycles. The minimum atomic E-state index is -0.598. The molecule has 0 unspecified atom stereocenters. The molecule has 1 N–H and O–H groups in total. The largest absolute Gasteiger partial charge is 0.452 e. The monoisotopic (exact) mass is 218 g/mol. The zero-order chi connectivity index (χ0) is 9.68. The summed E-state index contributed by atoms with van der Waals surface area (Å²) < 4.78 is 4.99. The van der Waals surface area contributed by atoms with E-state index in [2.05, 4.69) is 15.3 Å². The number of carbonyl (C=O) groups excluding carboxylic acids is 1. The van der Waals surface area contributed by atoms with E-state index in [0.717, 1.165) is 4.88 Å². The zero-order valence-corrected chi connectivity index (χ0v) is 8.35. The summed E-state index contributed by atoms with van der Waals surface area (Å²) >= 11 is 7.04. The van der Waals surface area contributed by atoms with Crippen LogP contribution in [0.4, 0.5) is 4.79 Å². The van der Waals surface area contributed by atoms with Crippen molar-refractivity contribution >= 4 is 35.2 Å². The molecule has 0 aliphatic carbocycles. The van der Waals surface area contributed by atoms with Crippen LogP contribution >= 0.6 is 22.9 Å².